The Hall–Kier alpha value is -5.09. The standard InChI is InChI=1S/C40H41F2N7O4/c1-21-14-40(15-25(41)18-47(40)17-21)20-51-37-45-33-30-35(46-37)48-19-26-12-13-28(49(26)38(50)53-39(3,4)5)34(48)22(2)52-36(30)44-32(31(33)42)27-11-7-9-23-8-6-10-24(16-43)29(23)27/h6-11,22,25-26,28,34H,1,12-15,17-20H2,2-5H3/t22-,25+,26+,28-,34+,40?/m0/s1. The number of ether oxygens (including phenoxy) is 3. The minimum absolute atomic E-state index is 0.0201. The molecule has 1 unspecified atom stereocenters. The monoisotopic (exact) mass is 721 g/mol. The van der Waals surface area contributed by atoms with Crippen LogP contribution in [0, 0.1) is 17.1 Å². The van der Waals surface area contributed by atoms with E-state index in [1.165, 1.54) is 0 Å². The average Bonchev–Trinajstić information content (AvgIpc) is 3.67. The second kappa shape index (κ2) is 12.0. The van der Waals surface area contributed by atoms with Crippen molar-refractivity contribution in [1.82, 2.24) is 24.8 Å². The van der Waals surface area contributed by atoms with Crippen LogP contribution in [0.15, 0.2) is 48.6 Å². The molecule has 7 heterocycles. The van der Waals surface area contributed by atoms with Crippen LogP contribution >= 0.6 is 0 Å². The van der Waals surface area contributed by atoms with Crippen molar-refractivity contribution in [3.63, 3.8) is 0 Å². The minimum atomic E-state index is -0.988. The molecule has 0 radical (unpaired) electrons. The van der Waals surface area contributed by atoms with Gasteiger partial charge in [-0.2, -0.15) is 15.2 Å². The molecule has 0 spiro atoms. The molecule has 4 saturated heterocycles. The zero-order valence-corrected chi connectivity index (χ0v) is 30.2. The number of nitriles is 1. The minimum Gasteiger partial charge on any atom is -0.472 e. The van der Waals surface area contributed by atoms with Gasteiger partial charge in [0.05, 0.1) is 35.3 Å². The Balaban J connectivity index is 1.21. The molecule has 2 aromatic heterocycles. The van der Waals surface area contributed by atoms with E-state index in [9.17, 15) is 14.4 Å². The Bertz CT molecular complexity index is 2250. The highest BCUT2D eigenvalue weighted by Crippen LogP contribution is 2.48. The zero-order valence-electron chi connectivity index (χ0n) is 30.2. The van der Waals surface area contributed by atoms with Crippen molar-refractivity contribution in [3.8, 4) is 29.2 Å². The summed E-state index contributed by atoms with van der Waals surface area (Å²) in [5.74, 6) is -0.149. The topological polar surface area (TPSA) is 117 Å². The highest BCUT2D eigenvalue weighted by molar-refractivity contribution is 6.03. The van der Waals surface area contributed by atoms with Crippen LogP contribution in [0.4, 0.5) is 19.4 Å². The fourth-order valence-electron chi connectivity index (χ4n) is 9.54. The van der Waals surface area contributed by atoms with Gasteiger partial charge in [-0.1, -0.05) is 42.5 Å². The lowest BCUT2D eigenvalue weighted by Crippen LogP contribution is -2.65. The first-order valence-corrected chi connectivity index (χ1v) is 18.3. The first-order valence-electron chi connectivity index (χ1n) is 18.3. The number of hydrogen-bond donors (Lipinski definition) is 0. The molecule has 5 aliphatic heterocycles. The number of alkyl halides is 1. The third-order valence-corrected chi connectivity index (χ3v) is 11.5. The van der Waals surface area contributed by atoms with E-state index in [4.69, 9.17) is 29.2 Å². The van der Waals surface area contributed by atoms with E-state index in [0.29, 0.717) is 60.2 Å². The quantitative estimate of drug-likeness (QED) is 0.211. The Morgan fingerprint density at radius 3 is 2.70 bits per heavy atom. The van der Waals surface area contributed by atoms with Gasteiger partial charge >= 0.3 is 12.1 Å². The molecule has 2 aromatic carbocycles. The largest absolute Gasteiger partial charge is 0.472 e. The van der Waals surface area contributed by atoms with Gasteiger partial charge in [0.25, 0.3) is 0 Å². The maximum Gasteiger partial charge on any atom is 0.410 e. The molecule has 11 nitrogen and oxygen atoms in total. The van der Waals surface area contributed by atoms with Crippen LogP contribution < -0.4 is 14.4 Å². The summed E-state index contributed by atoms with van der Waals surface area (Å²) in [6.07, 6.45) is 0.481. The summed E-state index contributed by atoms with van der Waals surface area (Å²) in [5, 5.41) is 11.7. The summed E-state index contributed by atoms with van der Waals surface area (Å²) in [5.41, 5.74) is 0.493. The van der Waals surface area contributed by atoms with Crippen molar-refractivity contribution < 1.29 is 27.8 Å². The second-order valence-electron chi connectivity index (χ2n) is 16.2. The third kappa shape index (κ3) is 5.36. The first kappa shape index (κ1) is 33.7. The molecule has 53 heavy (non-hydrogen) atoms. The number of halogens is 2. The molecule has 0 saturated carbocycles. The summed E-state index contributed by atoms with van der Waals surface area (Å²) in [6, 6.07) is 12.1. The molecular formula is C40H41F2N7O4. The van der Waals surface area contributed by atoms with Gasteiger partial charge in [-0.25, -0.2) is 18.6 Å². The number of amides is 1. The van der Waals surface area contributed by atoms with Crippen LogP contribution in [0.3, 0.4) is 0 Å². The van der Waals surface area contributed by atoms with E-state index in [0.717, 1.165) is 23.8 Å². The molecule has 4 fully saturated rings. The summed E-state index contributed by atoms with van der Waals surface area (Å²) in [7, 11) is 0. The molecule has 2 bridgehead atoms. The number of carbonyl (C=O) groups is 1. The lowest BCUT2D eigenvalue weighted by atomic mass is 9.93. The molecule has 4 aromatic rings. The van der Waals surface area contributed by atoms with Gasteiger partial charge in [-0.15, -0.1) is 0 Å². The smallest absolute Gasteiger partial charge is 0.410 e. The molecule has 13 heteroatoms. The van der Waals surface area contributed by atoms with E-state index >= 15 is 4.39 Å². The van der Waals surface area contributed by atoms with Crippen LogP contribution in [0.2, 0.25) is 0 Å². The lowest BCUT2D eigenvalue weighted by Gasteiger charge is -2.48. The van der Waals surface area contributed by atoms with Crippen LogP contribution in [-0.4, -0.2) is 98.6 Å². The Morgan fingerprint density at radius 2 is 1.92 bits per heavy atom. The SMILES string of the molecule is C=C1CN2C[C@H](F)CC2(COc2nc3c4c(nc(-c5cccc6cccc(C#N)c56)c(F)c4n2)O[C@@H](C)[C@@H]2[C@@H]4CC[C@H](CN32)N4C(=O)OC(C)(C)C)C1. The summed E-state index contributed by atoms with van der Waals surface area (Å²) < 4.78 is 51.0. The number of carbonyl (C=O) groups excluding carboxylic acids is 1. The van der Waals surface area contributed by atoms with Crippen molar-refractivity contribution in [2.24, 2.45) is 0 Å². The number of piperazine rings is 1. The Morgan fingerprint density at radius 1 is 1.13 bits per heavy atom. The average molecular weight is 722 g/mol. The van der Waals surface area contributed by atoms with Crippen LogP contribution in [-0.2, 0) is 4.74 Å². The Kier molecular flexibility index (Phi) is 7.61. The van der Waals surface area contributed by atoms with Crippen molar-refractivity contribution >= 4 is 33.6 Å². The normalized spacial score (nSPS) is 27.7. The number of pyridine rings is 1. The van der Waals surface area contributed by atoms with Crippen molar-refractivity contribution in [2.75, 3.05) is 31.1 Å². The Labute approximate surface area is 306 Å². The molecule has 0 aliphatic carbocycles. The maximum atomic E-state index is 17.3. The molecule has 5 aliphatic rings. The third-order valence-electron chi connectivity index (χ3n) is 11.5. The van der Waals surface area contributed by atoms with Gasteiger partial charge in [0.1, 0.15) is 46.9 Å². The van der Waals surface area contributed by atoms with Crippen molar-refractivity contribution in [3.05, 3.63) is 59.9 Å². The number of aromatic nitrogens is 3. The summed E-state index contributed by atoms with van der Waals surface area (Å²) in [4.78, 5) is 34.1. The van der Waals surface area contributed by atoms with Gasteiger partial charge < -0.3 is 19.1 Å². The van der Waals surface area contributed by atoms with Crippen LogP contribution in [0.25, 0.3) is 32.9 Å². The van der Waals surface area contributed by atoms with Crippen molar-refractivity contribution in [2.45, 2.75) is 94.9 Å². The highest BCUT2D eigenvalue weighted by atomic mass is 19.1. The number of fused-ring (bicyclic) bond motifs is 7. The second-order valence-corrected chi connectivity index (χ2v) is 16.2. The van der Waals surface area contributed by atoms with Gasteiger partial charge in [0, 0.05) is 37.0 Å². The summed E-state index contributed by atoms with van der Waals surface area (Å²) >= 11 is 0. The molecular weight excluding hydrogens is 680 g/mol. The van der Waals surface area contributed by atoms with Crippen LogP contribution in [0.1, 0.15) is 58.9 Å². The fraction of sp³-hybridized carbons (Fsp3) is 0.475. The molecule has 6 atom stereocenters. The number of nitrogens with zero attached hydrogens (tertiary/aromatic N) is 7. The van der Waals surface area contributed by atoms with Gasteiger partial charge in [0.15, 0.2) is 5.82 Å². The van der Waals surface area contributed by atoms with E-state index in [1.807, 2.05) is 44.7 Å². The predicted octanol–water partition coefficient (Wildman–Crippen LogP) is 6.71. The number of hydrogen-bond acceptors (Lipinski definition) is 10. The van der Waals surface area contributed by atoms with E-state index in [-0.39, 0.29) is 53.9 Å². The summed E-state index contributed by atoms with van der Waals surface area (Å²) in [6.45, 7) is 13.0. The molecule has 1 amide bonds. The lowest BCUT2D eigenvalue weighted by molar-refractivity contribution is 0.000937. The number of anilines is 1. The zero-order chi connectivity index (χ0) is 37.0. The molecule has 0 N–H and O–H groups in total. The van der Waals surface area contributed by atoms with E-state index in [2.05, 4.69) is 22.4 Å². The van der Waals surface area contributed by atoms with E-state index < -0.39 is 29.2 Å². The highest BCUT2D eigenvalue weighted by Gasteiger charge is 2.54. The van der Waals surface area contributed by atoms with E-state index in [1.54, 1.807) is 24.3 Å². The number of rotatable bonds is 4. The van der Waals surface area contributed by atoms with Gasteiger partial charge in [-0.3, -0.25) is 9.80 Å². The van der Waals surface area contributed by atoms with Gasteiger partial charge in [-0.05, 0) is 58.4 Å². The fourth-order valence-corrected chi connectivity index (χ4v) is 9.54. The first-order chi connectivity index (χ1) is 25.3. The molecule has 274 valence electrons. The van der Waals surface area contributed by atoms with Gasteiger partial charge in [0.2, 0.25) is 5.88 Å². The number of benzene rings is 2. The predicted molar refractivity (Wildman–Crippen MR) is 194 cm³/mol. The maximum absolute atomic E-state index is 17.3. The van der Waals surface area contributed by atoms with Crippen molar-refractivity contribution in [1.29, 1.82) is 5.26 Å². The molecule has 9 rings (SSSR count). The van der Waals surface area contributed by atoms with Crippen LogP contribution in [0.5, 0.6) is 11.9 Å².